The third-order valence-electron chi connectivity index (χ3n) is 1.72. The second kappa shape index (κ2) is 7.59. The first-order chi connectivity index (χ1) is 8.47. The highest BCUT2D eigenvalue weighted by Crippen LogP contribution is 2.53. The summed E-state index contributed by atoms with van der Waals surface area (Å²) in [6.07, 6.45) is -1.35. The van der Waals surface area contributed by atoms with Crippen LogP contribution >= 0.6 is 41.8 Å². The van der Waals surface area contributed by atoms with Gasteiger partial charge in [0.05, 0.1) is 19.6 Å². The molecule has 10 heteroatoms. The summed E-state index contributed by atoms with van der Waals surface area (Å²) in [5.41, 5.74) is 0. The van der Waals surface area contributed by atoms with Crippen molar-refractivity contribution in [2.45, 2.75) is 31.6 Å². The van der Waals surface area contributed by atoms with Gasteiger partial charge in [0.25, 0.3) is 0 Å². The highest BCUT2D eigenvalue weighted by atomic mass is 127. The van der Waals surface area contributed by atoms with Crippen molar-refractivity contribution in [3.05, 3.63) is 9.40 Å². The summed E-state index contributed by atoms with van der Waals surface area (Å²) in [6, 6.07) is 0. The Hall–Kier alpha value is 0.630. The van der Waals surface area contributed by atoms with Crippen molar-refractivity contribution in [2.24, 2.45) is 0 Å². The maximum Gasteiger partial charge on any atom is 0.384 e. The molecular weight excluding hydrogens is 425 g/mol. The SMILES string of the molecule is CCOP(=O)(/C=C(/I)CC(F)(F)C(F)(F)Cl)OCC. The molecule has 0 fully saturated rings. The van der Waals surface area contributed by atoms with E-state index in [-0.39, 0.29) is 16.8 Å². The molecule has 0 heterocycles. The van der Waals surface area contributed by atoms with E-state index < -0.39 is 25.3 Å². The van der Waals surface area contributed by atoms with E-state index in [1.807, 2.05) is 0 Å². The Kier molecular flexibility index (Phi) is 7.84. The van der Waals surface area contributed by atoms with Gasteiger partial charge in [0.1, 0.15) is 0 Å². The summed E-state index contributed by atoms with van der Waals surface area (Å²) in [4.78, 5) is 0. The van der Waals surface area contributed by atoms with E-state index in [2.05, 4.69) is 11.6 Å². The molecule has 0 bridgehead atoms. The predicted molar refractivity (Wildman–Crippen MR) is 73.3 cm³/mol. The molecule has 0 aliphatic heterocycles. The van der Waals surface area contributed by atoms with Gasteiger partial charge >= 0.3 is 18.9 Å². The molecule has 0 amide bonds. The molecule has 0 aromatic carbocycles. The average molecular weight is 439 g/mol. The molecule has 0 saturated heterocycles. The van der Waals surface area contributed by atoms with Gasteiger partial charge in [-0.2, -0.15) is 17.6 Å². The minimum absolute atomic E-state index is 0.0275. The molecular formula is C9H13ClF4IO3P. The molecule has 0 aromatic rings. The van der Waals surface area contributed by atoms with Gasteiger partial charge in [-0.3, -0.25) is 4.57 Å². The van der Waals surface area contributed by atoms with Gasteiger partial charge in [0.2, 0.25) is 0 Å². The zero-order chi connectivity index (χ0) is 15.3. The molecule has 0 saturated carbocycles. The van der Waals surface area contributed by atoms with Crippen molar-refractivity contribution >= 4 is 41.8 Å². The van der Waals surface area contributed by atoms with Crippen LogP contribution in [0.3, 0.4) is 0 Å². The monoisotopic (exact) mass is 438 g/mol. The van der Waals surface area contributed by atoms with Gasteiger partial charge in [-0.15, -0.1) is 0 Å². The van der Waals surface area contributed by atoms with Crippen molar-refractivity contribution in [1.29, 1.82) is 0 Å². The molecule has 0 atom stereocenters. The number of rotatable bonds is 8. The Labute approximate surface area is 127 Å². The third kappa shape index (κ3) is 6.75. The minimum atomic E-state index is -4.68. The van der Waals surface area contributed by atoms with E-state index in [1.165, 1.54) is 36.4 Å². The summed E-state index contributed by atoms with van der Waals surface area (Å²) >= 11 is 5.69. The van der Waals surface area contributed by atoms with Crippen LogP contribution in [0.15, 0.2) is 9.40 Å². The quantitative estimate of drug-likeness (QED) is 0.221. The van der Waals surface area contributed by atoms with Crippen LogP contribution < -0.4 is 0 Å². The van der Waals surface area contributed by atoms with Gasteiger partial charge in [-0.25, -0.2) is 0 Å². The number of alkyl halides is 5. The van der Waals surface area contributed by atoms with Gasteiger partial charge < -0.3 is 9.05 Å². The van der Waals surface area contributed by atoms with Crippen molar-refractivity contribution in [1.82, 2.24) is 0 Å². The van der Waals surface area contributed by atoms with Gasteiger partial charge in [-0.05, 0) is 48.0 Å². The highest BCUT2D eigenvalue weighted by Gasteiger charge is 2.55. The standard InChI is InChI=1S/C9H13ClF4IO3P/c1-3-17-19(16,18-4-2)6-7(15)5-8(11,12)9(10,13)14/h6H,3-5H2,1-2H3/b7-6+. The van der Waals surface area contributed by atoms with Gasteiger partial charge in [0.15, 0.2) is 0 Å². The van der Waals surface area contributed by atoms with Crippen LogP contribution in [0.1, 0.15) is 20.3 Å². The second-order valence-corrected chi connectivity index (χ2v) is 7.04. The van der Waals surface area contributed by atoms with Crippen LogP contribution in [0.25, 0.3) is 0 Å². The smallest absolute Gasteiger partial charge is 0.306 e. The maximum absolute atomic E-state index is 13.0. The molecule has 0 rings (SSSR count). The second-order valence-electron chi connectivity index (χ2n) is 3.33. The Bertz CT molecular complexity index is 363. The lowest BCUT2D eigenvalue weighted by molar-refractivity contribution is -0.154. The van der Waals surface area contributed by atoms with Crippen LogP contribution in [0, 0.1) is 0 Å². The third-order valence-corrected chi connectivity index (χ3v) is 5.05. The highest BCUT2D eigenvalue weighted by molar-refractivity contribution is 14.1. The van der Waals surface area contributed by atoms with Gasteiger partial charge in [-0.1, -0.05) is 0 Å². The summed E-state index contributed by atoms with van der Waals surface area (Å²) in [7, 11) is -3.70. The zero-order valence-electron chi connectivity index (χ0n) is 10.1. The summed E-state index contributed by atoms with van der Waals surface area (Å²) < 4.78 is 72.3. The van der Waals surface area contributed by atoms with E-state index in [1.54, 1.807) is 0 Å². The average Bonchev–Trinajstić information content (AvgIpc) is 2.14. The molecule has 0 N–H and O–H groups in total. The largest absolute Gasteiger partial charge is 0.384 e. The number of hydrogen-bond acceptors (Lipinski definition) is 3. The first kappa shape index (κ1) is 19.6. The van der Waals surface area contributed by atoms with Crippen molar-refractivity contribution in [3.63, 3.8) is 0 Å². The summed E-state index contributed by atoms with van der Waals surface area (Å²) in [6.45, 7) is 3.13. The van der Waals surface area contributed by atoms with Crippen LogP contribution in [0.2, 0.25) is 0 Å². The van der Waals surface area contributed by atoms with Crippen LogP contribution in [0.4, 0.5) is 17.6 Å². The van der Waals surface area contributed by atoms with Crippen molar-refractivity contribution in [2.75, 3.05) is 13.2 Å². The normalized spacial score (nSPS) is 14.8. The molecule has 0 unspecified atom stereocenters. The van der Waals surface area contributed by atoms with Crippen molar-refractivity contribution in [3.8, 4) is 0 Å². The first-order valence-corrected chi connectivity index (χ1v) is 8.25. The topological polar surface area (TPSA) is 35.5 Å². The Morgan fingerprint density at radius 2 is 1.68 bits per heavy atom. The van der Waals surface area contributed by atoms with Crippen LogP contribution in [-0.2, 0) is 13.6 Å². The van der Waals surface area contributed by atoms with Gasteiger partial charge in [0, 0.05) is 9.40 Å². The lowest BCUT2D eigenvalue weighted by Gasteiger charge is -2.21. The maximum atomic E-state index is 13.0. The lowest BCUT2D eigenvalue weighted by atomic mass is 10.2. The van der Waals surface area contributed by atoms with Crippen LogP contribution in [0.5, 0.6) is 0 Å². The fourth-order valence-corrected chi connectivity index (χ4v) is 3.95. The van der Waals surface area contributed by atoms with E-state index in [4.69, 9.17) is 9.05 Å². The summed E-state index contributed by atoms with van der Waals surface area (Å²) in [5, 5.41) is -4.68. The molecule has 19 heavy (non-hydrogen) atoms. The predicted octanol–water partition coefficient (Wildman–Crippen LogP) is 5.39. The molecule has 3 nitrogen and oxygen atoms in total. The number of halogens is 6. The van der Waals surface area contributed by atoms with E-state index in [9.17, 15) is 22.1 Å². The number of allylic oxidation sites excluding steroid dienone is 1. The van der Waals surface area contributed by atoms with E-state index in [0.717, 1.165) is 5.82 Å². The minimum Gasteiger partial charge on any atom is -0.306 e. The Morgan fingerprint density at radius 1 is 1.26 bits per heavy atom. The van der Waals surface area contributed by atoms with Crippen LogP contribution in [-0.4, -0.2) is 24.5 Å². The van der Waals surface area contributed by atoms with E-state index in [0.29, 0.717) is 0 Å². The fraction of sp³-hybridized carbons (Fsp3) is 0.778. The first-order valence-electron chi connectivity index (χ1n) is 5.18. The molecule has 0 aliphatic carbocycles. The zero-order valence-corrected chi connectivity index (χ0v) is 13.9. The number of hydrogen-bond donors (Lipinski definition) is 0. The molecule has 0 aliphatic rings. The Morgan fingerprint density at radius 3 is 2.00 bits per heavy atom. The molecule has 114 valence electrons. The fourth-order valence-electron chi connectivity index (χ4n) is 1.00. The Balaban J connectivity index is 5.03. The van der Waals surface area contributed by atoms with E-state index >= 15 is 0 Å². The molecule has 0 aromatic heterocycles. The lowest BCUT2D eigenvalue weighted by Crippen LogP contribution is -2.35. The van der Waals surface area contributed by atoms with Crippen molar-refractivity contribution < 1.29 is 31.2 Å². The summed E-state index contributed by atoms with van der Waals surface area (Å²) in [5.74, 6) is -3.65. The molecule has 0 spiro atoms. The molecule has 0 radical (unpaired) electrons.